The summed E-state index contributed by atoms with van der Waals surface area (Å²) < 4.78 is 5.04. The summed E-state index contributed by atoms with van der Waals surface area (Å²) in [5.74, 6) is 2.57. The second-order valence-corrected chi connectivity index (χ2v) is 5.11. The quantitative estimate of drug-likeness (QED) is 0.760. The fraction of sp³-hybridized carbons (Fsp3) is 0.188. The molecule has 0 bridgehead atoms. The Balaban J connectivity index is 1.85. The van der Waals surface area contributed by atoms with Gasteiger partial charge in [-0.15, -0.1) is 0 Å². The van der Waals surface area contributed by atoms with Gasteiger partial charge >= 0.3 is 0 Å². The van der Waals surface area contributed by atoms with Gasteiger partial charge in [0.05, 0.1) is 0 Å². The summed E-state index contributed by atoms with van der Waals surface area (Å²) in [7, 11) is 0. The zero-order chi connectivity index (χ0) is 15.5. The Hall–Kier alpha value is -2.89. The van der Waals surface area contributed by atoms with Crippen LogP contribution in [-0.2, 0) is 0 Å². The number of anilines is 4. The maximum absolute atomic E-state index is 5.04. The second-order valence-electron chi connectivity index (χ2n) is 5.11. The highest BCUT2D eigenvalue weighted by molar-refractivity contribution is 5.60. The summed E-state index contributed by atoms with van der Waals surface area (Å²) in [6.07, 6.45) is 0. The summed E-state index contributed by atoms with van der Waals surface area (Å²) in [5, 5.41) is 10.3. The summed E-state index contributed by atoms with van der Waals surface area (Å²) in [6, 6.07) is 11.7. The average Bonchev–Trinajstić information content (AvgIpc) is 2.86. The Morgan fingerprint density at radius 3 is 2.45 bits per heavy atom. The predicted molar refractivity (Wildman–Crippen MR) is 85.8 cm³/mol. The van der Waals surface area contributed by atoms with Crippen LogP contribution in [0.2, 0.25) is 0 Å². The number of benzene rings is 1. The van der Waals surface area contributed by atoms with E-state index in [1.54, 1.807) is 0 Å². The number of hydrogen-bond acceptors (Lipinski definition) is 6. The highest BCUT2D eigenvalue weighted by atomic mass is 16.5. The van der Waals surface area contributed by atoms with E-state index in [1.807, 2.05) is 57.2 Å². The van der Waals surface area contributed by atoms with Gasteiger partial charge in [0.1, 0.15) is 11.6 Å². The summed E-state index contributed by atoms with van der Waals surface area (Å²) in [4.78, 5) is 8.87. The highest BCUT2D eigenvalue weighted by Crippen LogP contribution is 2.20. The molecule has 2 N–H and O–H groups in total. The number of nitrogens with one attached hydrogen (secondary N) is 2. The molecule has 3 rings (SSSR count). The van der Waals surface area contributed by atoms with E-state index in [2.05, 4.69) is 25.8 Å². The Kier molecular flexibility index (Phi) is 3.74. The van der Waals surface area contributed by atoms with Crippen molar-refractivity contribution in [1.82, 2.24) is 15.1 Å². The van der Waals surface area contributed by atoms with Gasteiger partial charge in [-0.25, -0.2) is 4.98 Å². The molecule has 0 aliphatic heterocycles. The van der Waals surface area contributed by atoms with Crippen LogP contribution in [0.1, 0.15) is 17.0 Å². The third-order valence-corrected chi connectivity index (χ3v) is 3.13. The molecule has 0 saturated heterocycles. The molecule has 0 saturated carbocycles. The SMILES string of the molecule is Cc1cc(Nc2cc(C)on2)nc(Nc2ccccc2C)n1. The van der Waals surface area contributed by atoms with E-state index in [-0.39, 0.29) is 0 Å². The van der Waals surface area contributed by atoms with Gasteiger partial charge in [-0.3, -0.25) is 0 Å². The summed E-state index contributed by atoms with van der Waals surface area (Å²) in [6.45, 7) is 5.80. The molecule has 0 unspecified atom stereocenters. The van der Waals surface area contributed by atoms with Gasteiger partial charge in [0.2, 0.25) is 5.95 Å². The molecule has 0 spiro atoms. The van der Waals surface area contributed by atoms with E-state index in [0.717, 1.165) is 22.7 Å². The first-order valence-electron chi connectivity index (χ1n) is 6.99. The lowest BCUT2D eigenvalue weighted by Gasteiger charge is -2.10. The molecule has 0 aliphatic rings. The molecule has 2 aromatic heterocycles. The number of aryl methyl sites for hydroxylation is 3. The minimum absolute atomic E-state index is 0.539. The number of rotatable bonds is 4. The summed E-state index contributed by atoms with van der Waals surface area (Å²) in [5.41, 5.74) is 2.97. The van der Waals surface area contributed by atoms with Gasteiger partial charge in [-0.05, 0) is 32.4 Å². The average molecular weight is 295 g/mol. The molecular weight excluding hydrogens is 278 g/mol. The highest BCUT2D eigenvalue weighted by Gasteiger charge is 2.06. The van der Waals surface area contributed by atoms with Crippen molar-refractivity contribution >= 4 is 23.3 Å². The minimum Gasteiger partial charge on any atom is -0.360 e. The van der Waals surface area contributed by atoms with E-state index in [1.165, 1.54) is 0 Å². The third-order valence-electron chi connectivity index (χ3n) is 3.13. The predicted octanol–water partition coefficient (Wildman–Crippen LogP) is 3.88. The van der Waals surface area contributed by atoms with Gasteiger partial charge in [0.25, 0.3) is 0 Å². The lowest BCUT2D eigenvalue weighted by atomic mass is 10.2. The lowest BCUT2D eigenvalue weighted by Crippen LogP contribution is -2.03. The molecule has 2 heterocycles. The number of hydrogen-bond donors (Lipinski definition) is 2. The van der Waals surface area contributed by atoms with Crippen molar-refractivity contribution in [1.29, 1.82) is 0 Å². The van der Waals surface area contributed by atoms with E-state index in [4.69, 9.17) is 4.52 Å². The first kappa shape index (κ1) is 14.1. The first-order chi connectivity index (χ1) is 10.6. The lowest BCUT2D eigenvalue weighted by molar-refractivity contribution is 0.400. The molecule has 6 heteroatoms. The van der Waals surface area contributed by atoms with Crippen molar-refractivity contribution in [2.24, 2.45) is 0 Å². The maximum atomic E-state index is 5.04. The Labute approximate surface area is 128 Å². The van der Waals surface area contributed by atoms with Crippen molar-refractivity contribution in [3.8, 4) is 0 Å². The van der Waals surface area contributed by atoms with Crippen LogP contribution in [-0.4, -0.2) is 15.1 Å². The molecule has 6 nitrogen and oxygen atoms in total. The molecule has 3 aromatic rings. The van der Waals surface area contributed by atoms with Crippen LogP contribution in [0.15, 0.2) is 40.9 Å². The number of para-hydroxylation sites is 1. The van der Waals surface area contributed by atoms with E-state index in [0.29, 0.717) is 17.6 Å². The van der Waals surface area contributed by atoms with Crippen LogP contribution in [0.4, 0.5) is 23.3 Å². The zero-order valence-electron chi connectivity index (χ0n) is 12.7. The van der Waals surface area contributed by atoms with Crippen molar-refractivity contribution < 1.29 is 4.52 Å². The molecule has 1 aromatic carbocycles. The van der Waals surface area contributed by atoms with E-state index in [9.17, 15) is 0 Å². The van der Waals surface area contributed by atoms with Crippen LogP contribution in [0.25, 0.3) is 0 Å². The largest absolute Gasteiger partial charge is 0.360 e. The molecule has 0 atom stereocenters. The smallest absolute Gasteiger partial charge is 0.229 e. The second kappa shape index (κ2) is 5.85. The number of nitrogens with zero attached hydrogens (tertiary/aromatic N) is 3. The van der Waals surface area contributed by atoms with E-state index >= 15 is 0 Å². The normalized spacial score (nSPS) is 10.5. The van der Waals surface area contributed by atoms with Gasteiger partial charge < -0.3 is 15.2 Å². The van der Waals surface area contributed by atoms with Crippen LogP contribution in [0.3, 0.4) is 0 Å². The topological polar surface area (TPSA) is 75.9 Å². The van der Waals surface area contributed by atoms with Gasteiger partial charge in [-0.2, -0.15) is 4.98 Å². The summed E-state index contributed by atoms with van der Waals surface area (Å²) >= 11 is 0. The standard InChI is InChI=1S/C16H17N5O/c1-10-6-4-5-7-13(10)18-16-17-11(2)8-14(20-16)19-15-9-12(3)22-21-15/h4-9H,1-3H3,(H2,17,18,19,20,21). The molecule has 0 aliphatic carbocycles. The molecule has 0 radical (unpaired) electrons. The fourth-order valence-electron chi connectivity index (χ4n) is 2.08. The third kappa shape index (κ3) is 3.22. The Bertz CT molecular complexity index is 797. The van der Waals surface area contributed by atoms with Crippen molar-refractivity contribution in [2.75, 3.05) is 10.6 Å². The Morgan fingerprint density at radius 1 is 0.909 bits per heavy atom. The van der Waals surface area contributed by atoms with Crippen LogP contribution in [0.5, 0.6) is 0 Å². The van der Waals surface area contributed by atoms with Crippen molar-refractivity contribution in [2.45, 2.75) is 20.8 Å². The fourth-order valence-corrected chi connectivity index (χ4v) is 2.08. The van der Waals surface area contributed by atoms with Crippen LogP contribution < -0.4 is 10.6 Å². The monoisotopic (exact) mass is 295 g/mol. The van der Waals surface area contributed by atoms with E-state index < -0.39 is 0 Å². The molecule has 0 fully saturated rings. The number of aromatic nitrogens is 3. The minimum atomic E-state index is 0.539. The van der Waals surface area contributed by atoms with Crippen LogP contribution in [0, 0.1) is 20.8 Å². The van der Waals surface area contributed by atoms with Crippen molar-refractivity contribution in [3.63, 3.8) is 0 Å². The maximum Gasteiger partial charge on any atom is 0.229 e. The molecular formula is C16H17N5O. The Morgan fingerprint density at radius 2 is 1.73 bits per heavy atom. The molecule has 0 amide bonds. The van der Waals surface area contributed by atoms with Gasteiger partial charge in [-0.1, -0.05) is 23.4 Å². The molecule has 22 heavy (non-hydrogen) atoms. The zero-order valence-corrected chi connectivity index (χ0v) is 12.7. The first-order valence-corrected chi connectivity index (χ1v) is 6.99. The van der Waals surface area contributed by atoms with Crippen molar-refractivity contribution in [3.05, 3.63) is 53.4 Å². The van der Waals surface area contributed by atoms with Gasteiger partial charge in [0, 0.05) is 23.5 Å². The van der Waals surface area contributed by atoms with Crippen LogP contribution >= 0.6 is 0 Å². The molecule has 112 valence electrons. The van der Waals surface area contributed by atoms with Gasteiger partial charge in [0.15, 0.2) is 5.82 Å².